The molecule has 1 rings (SSSR count). The van der Waals surface area contributed by atoms with Crippen molar-refractivity contribution in [3.05, 3.63) is 35.4 Å². The molecule has 0 aliphatic rings. The van der Waals surface area contributed by atoms with E-state index in [2.05, 4.69) is 18.8 Å². The highest BCUT2D eigenvalue weighted by molar-refractivity contribution is 5.36. The largest absolute Gasteiger partial charge is 0.384 e. The van der Waals surface area contributed by atoms with E-state index in [1.807, 2.05) is 24.3 Å². The third-order valence-electron chi connectivity index (χ3n) is 2.40. The quantitative estimate of drug-likeness (QED) is 0.603. The Morgan fingerprint density at radius 3 is 2.94 bits per heavy atom. The first-order valence-electron chi connectivity index (χ1n) is 6.13. The van der Waals surface area contributed by atoms with Gasteiger partial charge >= 0.3 is 0 Å². The minimum Gasteiger partial charge on any atom is -0.384 e. The molecule has 92 valence electrons. The Bertz CT molecular complexity index is 374. The van der Waals surface area contributed by atoms with Crippen LogP contribution in [0.2, 0.25) is 0 Å². The van der Waals surface area contributed by atoms with Gasteiger partial charge in [-0.3, -0.25) is 0 Å². The number of aliphatic hydroxyl groups excluding tert-OH is 1. The standard InChI is InChI=1S/C15H20O2/c1-2-3-4-11-17-13-15-8-5-7-14(12-15)9-6-10-16/h5,7-8,12,16H,2-4,10-11,13H2,1H3. The molecule has 0 saturated carbocycles. The molecule has 0 saturated heterocycles. The zero-order valence-corrected chi connectivity index (χ0v) is 10.4. The molecule has 1 N–H and O–H groups in total. The molecular formula is C15H20O2. The van der Waals surface area contributed by atoms with E-state index in [9.17, 15) is 0 Å². The van der Waals surface area contributed by atoms with Gasteiger partial charge in [-0.05, 0) is 24.1 Å². The first kappa shape index (κ1) is 13.8. The van der Waals surface area contributed by atoms with Crippen molar-refractivity contribution in [2.24, 2.45) is 0 Å². The lowest BCUT2D eigenvalue weighted by Gasteiger charge is -2.04. The summed E-state index contributed by atoms with van der Waals surface area (Å²) in [5.74, 6) is 5.53. The summed E-state index contributed by atoms with van der Waals surface area (Å²) in [5.41, 5.74) is 2.06. The predicted octanol–water partition coefficient (Wildman–Crippen LogP) is 2.74. The Morgan fingerprint density at radius 1 is 1.29 bits per heavy atom. The molecular weight excluding hydrogens is 212 g/mol. The van der Waals surface area contributed by atoms with Gasteiger partial charge in [-0.2, -0.15) is 0 Å². The van der Waals surface area contributed by atoms with Crippen LogP contribution < -0.4 is 0 Å². The lowest BCUT2D eigenvalue weighted by molar-refractivity contribution is 0.117. The average Bonchev–Trinajstić information content (AvgIpc) is 2.37. The Morgan fingerprint density at radius 2 is 2.18 bits per heavy atom. The summed E-state index contributed by atoms with van der Waals surface area (Å²) in [6.45, 7) is 3.54. The molecule has 2 nitrogen and oxygen atoms in total. The highest BCUT2D eigenvalue weighted by Gasteiger charge is 1.94. The summed E-state index contributed by atoms with van der Waals surface area (Å²) in [6.07, 6.45) is 3.57. The van der Waals surface area contributed by atoms with Gasteiger partial charge < -0.3 is 9.84 Å². The van der Waals surface area contributed by atoms with Crippen molar-refractivity contribution >= 4 is 0 Å². The summed E-state index contributed by atoms with van der Waals surface area (Å²) in [7, 11) is 0. The minimum absolute atomic E-state index is 0.0995. The summed E-state index contributed by atoms with van der Waals surface area (Å²) in [6, 6.07) is 7.93. The van der Waals surface area contributed by atoms with Crippen LogP contribution in [0.4, 0.5) is 0 Å². The minimum atomic E-state index is -0.0995. The van der Waals surface area contributed by atoms with Crippen LogP contribution >= 0.6 is 0 Å². The number of hydrogen-bond donors (Lipinski definition) is 1. The van der Waals surface area contributed by atoms with Crippen LogP contribution in [0.15, 0.2) is 24.3 Å². The van der Waals surface area contributed by atoms with Crippen molar-refractivity contribution in [3.8, 4) is 11.8 Å². The maximum absolute atomic E-state index is 8.62. The number of aliphatic hydroxyl groups is 1. The zero-order chi connectivity index (χ0) is 12.3. The lowest BCUT2D eigenvalue weighted by atomic mass is 10.1. The number of ether oxygens (including phenoxy) is 1. The molecule has 1 aromatic carbocycles. The molecule has 0 spiro atoms. The number of unbranched alkanes of at least 4 members (excludes halogenated alkanes) is 2. The van der Waals surface area contributed by atoms with Crippen molar-refractivity contribution in [2.75, 3.05) is 13.2 Å². The van der Waals surface area contributed by atoms with E-state index in [0.29, 0.717) is 6.61 Å². The Labute approximate surface area is 104 Å². The Kier molecular flexibility index (Phi) is 7.13. The van der Waals surface area contributed by atoms with Gasteiger partial charge in [0, 0.05) is 12.2 Å². The van der Waals surface area contributed by atoms with Gasteiger partial charge in [-0.15, -0.1) is 0 Å². The van der Waals surface area contributed by atoms with E-state index >= 15 is 0 Å². The second kappa shape index (κ2) is 8.81. The van der Waals surface area contributed by atoms with Crippen LogP contribution in [-0.4, -0.2) is 18.3 Å². The summed E-state index contributed by atoms with van der Waals surface area (Å²) < 4.78 is 5.58. The zero-order valence-electron chi connectivity index (χ0n) is 10.4. The molecule has 0 aromatic heterocycles. The van der Waals surface area contributed by atoms with E-state index in [0.717, 1.165) is 24.2 Å². The van der Waals surface area contributed by atoms with Crippen LogP contribution in [-0.2, 0) is 11.3 Å². The molecule has 0 amide bonds. The normalized spacial score (nSPS) is 9.76. The molecule has 0 aliphatic heterocycles. The molecule has 1 aromatic rings. The molecule has 0 fully saturated rings. The summed E-state index contributed by atoms with van der Waals surface area (Å²) >= 11 is 0. The van der Waals surface area contributed by atoms with Gasteiger partial charge in [0.05, 0.1) is 6.61 Å². The summed E-state index contributed by atoms with van der Waals surface area (Å²) in [5, 5.41) is 8.62. The SMILES string of the molecule is CCCCCOCc1cccc(C#CCO)c1. The van der Waals surface area contributed by atoms with Gasteiger partial charge in [0.25, 0.3) is 0 Å². The first-order valence-corrected chi connectivity index (χ1v) is 6.13. The molecule has 0 unspecified atom stereocenters. The van der Waals surface area contributed by atoms with Crippen molar-refractivity contribution in [1.29, 1.82) is 0 Å². The topological polar surface area (TPSA) is 29.5 Å². The van der Waals surface area contributed by atoms with Gasteiger partial charge in [-0.25, -0.2) is 0 Å². The van der Waals surface area contributed by atoms with Crippen molar-refractivity contribution in [3.63, 3.8) is 0 Å². The Hall–Kier alpha value is -1.30. The number of benzene rings is 1. The Balaban J connectivity index is 2.38. The third-order valence-corrected chi connectivity index (χ3v) is 2.40. The second-order valence-corrected chi connectivity index (χ2v) is 3.92. The van der Waals surface area contributed by atoms with E-state index < -0.39 is 0 Å². The number of hydrogen-bond acceptors (Lipinski definition) is 2. The van der Waals surface area contributed by atoms with Crippen molar-refractivity contribution in [2.45, 2.75) is 32.8 Å². The fraction of sp³-hybridized carbons (Fsp3) is 0.467. The molecule has 0 heterocycles. The molecule has 0 radical (unpaired) electrons. The third kappa shape index (κ3) is 6.11. The smallest absolute Gasteiger partial charge is 0.104 e. The molecule has 0 aliphatic carbocycles. The molecule has 17 heavy (non-hydrogen) atoms. The monoisotopic (exact) mass is 232 g/mol. The lowest BCUT2D eigenvalue weighted by Crippen LogP contribution is -1.95. The van der Waals surface area contributed by atoms with Crippen molar-refractivity contribution in [1.82, 2.24) is 0 Å². The van der Waals surface area contributed by atoms with Gasteiger partial charge in [-0.1, -0.05) is 43.7 Å². The first-order chi connectivity index (χ1) is 8.36. The molecule has 0 bridgehead atoms. The van der Waals surface area contributed by atoms with Gasteiger partial charge in [0.1, 0.15) is 6.61 Å². The fourth-order valence-corrected chi connectivity index (χ4v) is 1.52. The maximum atomic E-state index is 8.62. The van der Waals surface area contributed by atoms with E-state index in [4.69, 9.17) is 9.84 Å². The average molecular weight is 232 g/mol. The predicted molar refractivity (Wildman–Crippen MR) is 69.6 cm³/mol. The van der Waals surface area contributed by atoms with Gasteiger partial charge in [0.15, 0.2) is 0 Å². The highest BCUT2D eigenvalue weighted by atomic mass is 16.5. The summed E-state index contributed by atoms with van der Waals surface area (Å²) in [4.78, 5) is 0. The number of rotatable bonds is 6. The van der Waals surface area contributed by atoms with Crippen molar-refractivity contribution < 1.29 is 9.84 Å². The molecule has 2 heteroatoms. The fourth-order valence-electron chi connectivity index (χ4n) is 1.52. The van der Waals surface area contributed by atoms with E-state index in [-0.39, 0.29) is 6.61 Å². The van der Waals surface area contributed by atoms with Gasteiger partial charge in [0.2, 0.25) is 0 Å². The van der Waals surface area contributed by atoms with E-state index in [1.165, 1.54) is 12.8 Å². The van der Waals surface area contributed by atoms with Crippen LogP contribution in [0.3, 0.4) is 0 Å². The highest BCUT2D eigenvalue weighted by Crippen LogP contribution is 2.06. The maximum Gasteiger partial charge on any atom is 0.104 e. The van der Waals surface area contributed by atoms with Crippen LogP contribution in [0, 0.1) is 11.8 Å². The second-order valence-electron chi connectivity index (χ2n) is 3.92. The molecule has 0 atom stereocenters. The van der Waals surface area contributed by atoms with Crippen LogP contribution in [0.25, 0.3) is 0 Å². The van der Waals surface area contributed by atoms with Crippen LogP contribution in [0.5, 0.6) is 0 Å². The van der Waals surface area contributed by atoms with Crippen LogP contribution in [0.1, 0.15) is 37.3 Å². The van der Waals surface area contributed by atoms with E-state index in [1.54, 1.807) is 0 Å².